The summed E-state index contributed by atoms with van der Waals surface area (Å²) in [5.74, 6) is -0.0242. The number of benzene rings is 2. The van der Waals surface area contributed by atoms with Crippen LogP contribution in [-0.4, -0.2) is 103 Å². The van der Waals surface area contributed by atoms with E-state index in [1.165, 1.54) is 7.11 Å². The summed E-state index contributed by atoms with van der Waals surface area (Å²) in [6.07, 6.45) is 2.79. The van der Waals surface area contributed by atoms with Crippen LogP contribution in [0, 0.1) is 13.8 Å². The number of aryl methyl sites for hydroxylation is 1. The van der Waals surface area contributed by atoms with Crippen molar-refractivity contribution in [2.24, 2.45) is 0 Å². The molecular formula is C38H47N5O7. The van der Waals surface area contributed by atoms with Crippen LogP contribution in [0.25, 0.3) is 5.69 Å². The number of carbonyl (C=O) groups is 4. The quantitative estimate of drug-likeness (QED) is 0.427. The number of methoxy groups -OCH3 is 1. The smallest absolute Gasteiger partial charge is 0.256 e. The SMILES string of the molecule is COc1ccc2cc1O[C@H]1C[C@@H](C(=O)NCCCCN(C(=O)[C@@H]3CCCO3)CCCNC2=O)N(C(=O)c2cc(C)n(-c3ccccc3)c2C)C1. The van der Waals surface area contributed by atoms with Crippen LogP contribution in [0.2, 0.25) is 0 Å². The van der Waals surface area contributed by atoms with E-state index in [4.69, 9.17) is 14.2 Å². The van der Waals surface area contributed by atoms with Gasteiger partial charge in [0.1, 0.15) is 18.2 Å². The van der Waals surface area contributed by atoms with Crippen LogP contribution in [0.15, 0.2) is 54.6 Å². The van der Waals surface area contributed by atoms with Crippen molar-refractivity contribution in [2.75, 3.05) is 46.4 Å². The summed E-state index contributed by atoms with van der Waals surface area (Å²) < 4.78 is 19.7. The van der Waals surface area contributed by atoms with Gasteiger partial charge in [-0.3, -0.25) is 19.2 Å². The minimum atomic E-state index is -0.774. The Balaban J connectivity index is 1.26. The second-order valence-electron chi connectivity index (χ2n) is 13.2. The van der Waals surface area contributed by atoms with E-state index < -0.39 is 18.2 Å². The number of hydrogen-bond acceptors (Lipinski definition) is 7. The fourth-order valence-electron chi connectivity index (χ4n) is 7.19. The highest BCUT2D eigenvalue weighted by Gasteiger charge is 2.42. The first-order valence-corrected chi connectivity index (χ1v) is 17.6. The molecule has 266 valence electrons. The molecule has 0 radical (unpaired) electrons. The predicted molar refractivity (Wildman–Crippen MR) is 187 cm³/mol. The third-order valence-electron chi connectivity index (χ3n) is 9.78. The Labute approximate surface area is 293 Å². The molecule has 3 aliphatic heterocycles. The lowest BCUT2D eigenvalue weighted by atomic mass is 10.1. The minimum Gasteiger partial charge on any atom is -0.493 e. The molecule has 2 aromatic carbocycles. The van der Waals surface area contributed by atoms with E-state index in [-0.39, 0.29) is 36.6 Å². The monoisotopic (exact) mass is 685 g/mol. The van der Waals surface area contributed by atoms with Crippen molar-refractivity contribution in [1.29, 1.82) is 0 Å². The number of likely N-dealkylation sites (tertiary alicyclic amines) is 1. The number of carbonyl (C=O) groups excluding carboxylic acids is 4. The van der Waals surface area contributed by atoms with Gasteiger partial charge < -0.3 is 39.2 Å². The summed E-state index contributed by atoms with van der Waals surface area (Å²) in [7, 11) is 1.52. The number of aromatic nitrogens is 1. The molecule has 2 N–H and O–H groups in total. The lowest BCUT2D eigenvalue weighted by Crippen LogP contribution is -2.46. The molecule has 2 fully saturated rings. The second-order valence-corrected chi connectivity index (χ2v) is 13.2. The van der Waals surface area contributed by atoms with Gasteiger partial charge in [-0.25, -0.2) is 0 Å². The molecule has 4 heterocycles. The average Bonchev–Trinajstić information content (AvgIpc) is 3.88. The van der Waals surface area contributed by atoms with Crippen LogP contribution in [0.4, 0.5) is 0 Å². The third kappa shape index (κ3) is 7.65. The van der Waals surface area contributed by atoms with E-state index in [0.29, 0.717) is 81.1 Å². The number of amides is 4. The highest BCUT2D eigenvalue weighted by atomic mass is 16.5. The van der Waals surface area contributed by atoms with Gasteiger partial charge in [-0.05, 0) is 82.3 Å². The van der Waals surface area contributed by atoms with Gasteiger partial charge in [-0.2, -0.15) is 0 Å². The zero-order valence-corrected chi connectivity index (χ0v) is 29.1. The number of fused-ring (bicyclic) bond motifs is 4. The first-order valence-electron chi connectivity index (χ1n) is 17.6. The Bertz CT molecular complexity index is 1700. The number of rotatable bonds is 4. The largest absolute Gasteiger partial charge is 0.493 e. The first-order chi connectivity index (χ1) is 24.2. The van der Waals surface area contributed by atoms with Gasteiger partial charge in [0.25, 0.3) is 17.7 Å². The molecule has 3 aromatic rings. The normalized spacial score (nSPS) is 22.1. The van der Waals surface area contributed by atoms with E-state index in [9.17, 15) is 19.2 Å². The molecule has 12 heteroatoms. The van der Waals surface area contributed by atoms with Crippen LogP contribution in [0.3, 0.4) is 0 Å². The van der Waals surface area contributed by atoms with Crippen molar-refractivity contribution in [3.8, 4) is 17.2 Å². The number of nitrogens with one attached hydrogen (secondary N) is 2. The van der Waals surface area contributed by atoms with Gasteiger partial charge in [0.2, 0.25) is 5.91 Å². The van der Waals surface area contributed by atoms with Gasteiger partial charge >= 0.3 is 0 Å². The van der Waals surface area contributed by atoms with E-state index >= 15 is 0 Å². The zero-order chi connectivity index (χ0) is 35.2. The van der Waals surface area contributed by atoms with Gasteiger partial charge in [0.15, 0.2) is 11.5 Å². The molecular weight excluding hydrogens is 638 g/mol. The minimum absolute atomic E-state index is 0.0292. The summed E-state index contributed by atoms with van der Waals surface area (Å²) >= 11 is 0. The molecule has 3 atom stereocenters. The standard InChI is InChI=1S/C38H47N5O7/c1-25-21-30(26(2)43(25)28-11-5-4-6-12-28)37(46)42-24-29-23-31(42)36(45)40-16-7-8-18-41(38(47)33-13-9-20-49-33)19-10-17-39-35(44)27-14-15-32(48-3)34(22-27)50-29/h4-6,11-12,14-15,21-22,29,31,33H,7-10,13,16-20,23-24H2,1-3H3,(H,39,44)(H,40,45)/t29-,31-,33-/m0/s1. The molecule has 0 unspecified atom stereocenters. The van der Waals surface area contributed by atoms with E-state index in [1.807, 2.05) is 59.7 Å². The van der Waals surface area contributed by atoms with Gasteiger partial charge in [-0.1, -0.05) is 18.2 Å². The maximum atomic E-state index is 14.3. The molecule has 50 heavy (non-hydrogen) atoms. The molecule has 4 bridgehead atoms. The second kappa shape index (κ2) is 15.8. The molecule has 1 aromatic heterocycles. The van der Waals surface area contributed by atoms with E-state index in [1.54, 1.807) is 23.1 Å². The van der Waals surface area contributed by atoms with Crippen molar-refractivity contribution in [1.82, 2.24) is 25.0 Å². The topological polar surface area (TPSA) is 131 Å². The van der Waals surface area contributed by atoms with Gasteiger partial charge in [-0.15, -0.1) is 0 Å². The first kappa shape index (κ1) is 35.0. The predicted octanol–water partition coefficient (Wildman–Crippen LogP) is 3.80. The fourth-order valence-corrected chi connectivity index (χ4v) is 7.19. The number of para-hydroxylation sites is 1. The van der Waals surface area contributed by atoms with Crippen molar-refractivity contribution in [3.05, 3.63) is 77.1 Å². The Kier molecular flexibility index (Phi) is 11.1. The number of hydrogen-bond donors (Lipinski definition) is 2. The van der Waals surface area contributed by atoms with Crippen molar-refractivity contribution >= 4 is 23.6 Å². The highest BCUT2D eigenvalue weighted by Crippen LogP contribution is 2.33. The molecule has 0 aliphatic carbocycles. The van der Waals surface area contributed by atoms with Crippen molar-refractivity contribution in [2.45, 2.75) is 70.6 Å². The van der Waals surface area contributed by atoms with Gasteiger partial charge in [0.05, 0.1) is 19.2 Å². The van der Waals surface area contributed by atoms with E-state index in [0.717, 1.165) is 23.5 Å². The average molecular weight is 686 g/mol. The summed E-state index contributed by atoms with van der Waals surface area (Å²) in [6, 6.07) is 15.9. The third-order valence-corrected chi connectivity index (χ3v) is 9.78. The zero-order valence-electron chi connectivity index (χ0n) is 29.1. The van der Waals surface area contributed by atoms with Crippen molar-refractivity contribution < 1.29 is 33.4 Å². The Morgan fingerprint density at radius 2 is 1.70 bits per heavy atom. The van der Waals surface area contributed by atoms with Gasteiger partial charge in [0, 0.05) is 61.8 Å². The molecule has 12 nitrogen and oxygen atoms in total. The van der Waals surface area contributed by atoms with Crippen LogP contribution >= 0.6 is 0 Å². The lowest BCUT2D eigenvalue weighted by molar-refractivity contribution is -0.141. The summed E-state index contributed by atoms with van der Waals surface area (Å²) in [5.41, 5.74) is 3.55. The number of ether oxygens (including phenoxy) is 3. The molecule has 0 spiro atoms. The van der Waals surface area contributed by atoms with Crippen LogP contribution in [0.5, 0.6) is 11.5 Å². The molecule has 4 amide bonds. The van der Waals surface area contributed by atoms with Crippen LogP contribution in [-0.2, 0) is 14.3 Å². The van der Waals surface area contributed by atoms with Crippen LogP contribution < -0.4 is 20.1 Å². The fraction of sp³-hybridized carbons (Fsp3) is 0.474. The highest BCUT2D eigenvalue weighted by molar-refractivity contribution is 5.99. The summed E-state index contributed by atoms with van der Waals surface area (Å²) in [6.45, 7) is 6.42. The van der Waals surface area contributed by atoms with Crippen LogP contribution in [0.1, 0.15) is 70.6 Å². The summed E-state index contributed by atoms with van der Waals surface area (Å²) in [5, 5.41) is 6.01. The molecule has 0 saturated carbocycles. The maximum Gasteiger partial charge on any atom is 0.256 e. The maximum absolute atomic E-state index is 14.3. The summed E-state index contributed by atoms with van der Waals surface area (Å²) in [4.78, 5) is 58.0. The Hall–Kier alpha value is -4.84. The molecule has 2 saturated heterocycles. The number of nitrogens with zero attached hydrogens (tertiary/aromatic N) is 3. The molecule has 6 rings (SSSR count). The van der Waals surface area contributed by atoms with Crippen molar-refractivity contribution in [3.63, 3.8) is 0 Å². The Morgan fingerprint density at radius 3 is 2.46 bits per heavy atom. The Morgan fingerprint density at radius 1 is 0.920 bits per heavy atom. The lowest BCUT2D eigenvalue weighted by Gasteiger charge is -2.26. The van der Waals surface area contributed by atoms with E-state index in [2.05, 4.69) is 10.6 Å². The molecule has 3 aliphatic rings.